The number of benzene rings is 1. The van der Waals surface area contributed by atoms with Crippen molar-refractivity contribution in [1.82, 2.24) is 20.4 Å². The van der Waals surface area contributed by atoms with Gasteiger partial charge in [0.2, 0.25) is 11.8 Å². The van der Waals surface area contributed by atoms with Crippen molar-refractivity contribution in [2.24, 2.45) is 0 Å². The van der Waals surface area contributed by atoms with Crippen LogP contribution >= 0.6 is 0 Å². The lowest BCUT2D eigenvalue weighted by Crippen LogP contribution is -2.54. The van der Waals surface area contributed by atoms with Crippen LogP contribution in [0.25, 0.3) is 0 Å². The van der Waals surface area contributed by atoms with Gasteiger partial charge in [-0.2, -0.15) is 13.2 Å². The lowest BCUT2D eigenvalue weighted by molar-refractivity contribution is -0.188. The molecule has 0 aromatic heterocycles. The molecule has 38 heavy (non-hydrogen) atoms. The lowest BCUT2D eigenvalue weighted by Gasteiger charge is -2.43. The van der Waals surface area contributed by atoms with Crippen molar-refractivity contribution >= 4 is 23.8 Å². The fourth-order valence-corrected chi connectivity index (χ4v) is 5.92. The van der Waals surface area contributed by atoms with E-state index in [1.807, 2.05) is 0 Å². The fourth-order valence-electron chi connectivity index (χ4n) is 5.92. The van der Waals surface area contributed by atoms with Gasteiger partial charge < -0.3 is 15.0 Å². The van der Waals surface area contributed by atoms with Crippen molar-refractivity contribution in [3.8, 4) is 0 Å². The van der Waals surface area contributed by atoms with Crippen molar-refractivity contribution < 1.29 is 41.5 Å². The third-order valence-corrected chi connectivity index (χ3v) is 7.97. The number of ether oxygens (including phenoxy) is 1. The number of amides is 4. The van der Waals surface area contributed by atoms with Gasteiger partial charge in [0.25, 0.3) is 5.91 Å². The molecule has 206 valence electrons. The smallest absolute Gasteiger partial charge is 0.407 e. The molecule has 2 saturated heterocycles. The molecule has 1 saturated carbocycles. The molecule has 3 fully saturated rings. The van der Waals surface area contributed by atoms with Crippen LogP contribution in [0.15, 0.2) is 6.07 Å². The second-order valence-corrected chi connectivity index (χ2v) is 10.4. The van der Waals surface area contributed by atoms with Gasteiger partial charge in [-0.25, -0.2) is 9.18 Å². The Hall–Kier alpha value is -3.22. The van der Waals surface area contributed by atoms with E-state index in [-0.39, 0.29) is 49.5 Å². The van der Waals surface area contributed by atoms with Gasteiger partial charge in [-0.1, -0.05) is 6.07 Å². The van der Waals surface area contributed by atoms with Crippen molar-refractivity contribution in [2.75, 3.05) is 6.54 Å². The molecule has 13 heteroatoms. The molecule has 1 aromatic rings. The van der Waals surface area contributed by atoms with E-state index in [4.69, 9.17) is 4.74 Å². The quantitative estimate of drug-likeness (QED) is 0.439. The van der Waals surface area contributed by atoms with Gasteiger partial charge in [0.1, 0.15) is 24.0 Å². The Kier molecular flexibility index (Phi) is 6.82. The molecular formula is C25H28F4N4O5. The zero-order chi connectivity index (χ0) is 27.4. The highest BCUT2D eigenvalue weighted by atomic mass is 19.4. The number of halogens is 4. The summed E-state index contributed by atoms with van der Waals surface area (Å²) in [5.74, 6) is -2.47. The van der Waals surface area contributed by atoms with E-state index in [0.717, 1.165) is 0 Å². The standard InChI is InChI=1S/C25H28F4N4O5/c1-12-7-13(21(26)20-16(12)11-33(23(20)36)17-4-5-19(34)31-22(17)35)10-30-24(37)38-15-8-14(9-15)32-6-2-3-18(32)25(27,28)29/h7,14-15,17-18H,2-6,8-11H2,1H3,(H,30,37)(H,31,34,35). The van der Waals surface area contributed by atoms with E-state index in [1.54, 1.807) is 6.92 Å². The molecule has 9 nitrogen and oxygen atoms in total. The van der Waals surface area contributed by atoms with Gasteiger partial charge in [-0.15, -0.1) is 0 Å². The number of alkyl carbamates (subject to hydrolysis) is 1. The molecule has 2 N–H and O–H groups in total. The maximum atomic E-state index is 15.4. The van der Waals surface area contributed by atoms with Gasteiger partial charge >= 0.3 is 12.3 Å². The molecule has 2 unspecified atom stereocenters. The van der Waals surface area contributed by atoms with Gasteiger partial charge in [-0.05, 0) is 43.9 Å². The molecule has 0 radical (unpaired) electrons. The Balaban J connectivity index is 1.16. The van der Waals surface area contributed by atoms with Gasteiger partial charge in [0, 0.05) is 44.0 Å². The van der Waals surface area contributed by atoms with Crippen molar-refractivity contribution in [2.45, 2.75) is 88.9 Å². The Morgan fingerprint density at radius 2 is 1.95 bits per heavy atom. The molecule has 1 aromatic carbocycles. The summed E-state index contributed by atoms with van der Waals surface area (Å²) in [6.07, 6.45) is -4.23. The van der Waals surface area contributed by atoms with E-state index in [9.17, 15) is 32.3 Å². The zero-order valence-corrected chi connectivity index (χ0v) is 20.7. The van der Waals surface area contributed by atoms with Crippen molar-refractivity contribution in [3.63, 3.8) is 0 Å². The Bertz CT molecular complexity index is 1180. The van der Waals surface area contributed by atoms with Crippen LogP contribution in [0.3, 0.4) is 0 Å². The van der Waals surface area contributed by atoms with Crippen LogP contribution in [-0.2, 0) is 27.4 Å². The summed E-state index contributed by atoms with van der Waals surface area (Å²) >= 11 is 0. The third kappa shape index (κ3) is 4.83. The van der Waals surface area contributed by atoms with Crippen LogP contribution in [0, 0.1) is 12.7 Å². The van der Waals surface area contributed by atoms with Crippen LogP contribution in [0.5, 0.6) is 0 Å². The molecular weight excluding hydrogens is 512 g/mol. The first kappa shape index (κ1) is 26.4. The monoisotopic (exact) mass is 540 g/mol. The number of aryl methyl sites for hydroxylation is 1. The summed E-state index contributed by atoms with van der Waals surface area (Å²) < 4.78 is 60.2. The first-order valence-electron chi connectivity index (χ1n) is 12.7. The Morgan fingerprint density at radius 3 is 2.63 bits per heavy atom. The van der Waals surface area contributed by atoms with Crippen LogP contribution in [-0.4, -0.2) is 70.6 Å². The predicted molar refractivity (Wildman–Crippen MR) is 123 cm³/mol. The van der Waals surface area contributed by atoms with Crippen LogP contribution < -0.4 is 10.6 Å². The van der Waals surface area contributed by atoms with Crippen molar-refractivity contribution in [1.29, 1.82) is 0 Å². The molecule has 0 bridgehead atoms. The summed E-state index contributed by atoms with van der Waals surface area (Å²) in [6, 6.07) is -1.11. The minimum Gasteiger partial charge on any atom is -0.446 e. The molecule has 0 spiro atoms. The summed E-state index contributed by atoms with van der Waals surface area (Å²) in [4.78, 5) is 51.7. The minimum absolute atomic E-state index is 0.0357. The number of nitrogens with one attached hydrogen (secondary N) is 2. The van der Waals surface area contributed by atoms with Crippen molar-refractivity contribution in [3.05, 3.63) is 34.1 Å². The fraction of sp³-hybridized carbons (Fsp3) is 0.600. The molecule has 5 rings (SSSR count). The van der Waals surface area contributed by atoms with Crippen LogP contribution in [0.4, 0.5) is 22.4 Å². The van der Waals surface area contributed by atoms with Gasteiger partial charge in [0.15, 0.2) is 0 Å². The Morgan fingerprint density at radius 1 is 1.21 bits per heavy atom. The highest BCUT2D eigenvalue weighted by molar-refractivity contribution is 6.05. The maximum absolute atomic E-state index is 15.4. The van der Waals surface area contributed by atoms with Gasteiger partial charge in [-0.3, -0.25) is 24.6 Å². The van der Waals surface area contributed by atoms with Crippen LogP contribution in [0.1, 0.15) is 65.6 Å². The molecule has 3 heterocycles. The van der Waals surface area contributed by atoms with E-state index in [2.05, 4.69) is 10.6 Å². The predicted octanol–water partition coefficient (Wildman–Crippen LogP) is 2.68. The average molecular weight is 541 g/mol. The first-order valence-corrected chi connectivity index (χ1v) is 12.7. The number of imide groups is 1. The number of nitrogens with zero attached hydrogens (tertiary/aromatic N) is 2. The average Bonchev–Trinajstić information content (AvgIpc) is 3.43. The number of alkyl halides is 3. The topological polar surface area (TPSA) is 108 Å². The number of carbonyl (C=O) groups is 4. The molecule has 4 aliphatic rings. The second-order valence-electron chi connectivity index (χ2n) is 10.4. The molecule has 2 atom stereocenters. The number of rotatable bonds is 5. The second kappa shape index (κ2) is 9.83. The third-order valence-electron chi connectivity index (χ3n) is 7.97. The normalized spacial score (nSPS) is 27.7. The van der Waals surface area contributed by atoms with E-state index < -0.39 is 54.0 Å². The zero-order valence-electron chi connectivity index (χ0n) is 20.7. The largest absolute Gasteiger partial charge is 0.446 e. The summed E-state index contributed by atoms with van der Waals surface area (Å²) in [5, 5.41) is 4.65. The number of likely N-dealkylation sites (tertiary alicyclic amines) is 1. The summed E-state index contributed by atoms with van der Waals surface area (Å²) in [7, 11) is 0. The summed E-state index contributed by atoms with van der Waals surface area (Å²) in [6.45, 7) is 1.84. The van der Waals surface area contributed by atoms with Gasteiger partial charge in [0.05, 0.1) is 5.56 Å². The lowest BCUT2D eigenvalue weighted by atomic mass is 9.87. The molecule has 4 amide bonds. The number of hydrogen-bond acceptors (Lipinski definition) is 6. The van der Waals surface area contributed by atoms with E-state index in [1.165, 1.54) is 15.9 Å². The van der Waals surface area contributed by atoms with E-state index >= 15 is 4.39 Å². The SMILES string of the molecule is Cc1cc(CNC(=O)OC2CC(N3CCCC3C(F)(F)F)C2)c(F)c2c1CN(C1CCC(=O)NC1=O)C2=O. The highest BCUT2D eigenvalue weighted by Gasteiger charge is 2.51. The molecule has 1 aliphatic carbocycles. The number of piperidine rings is 1. The number of carbonyl (C=O) groups excluding carboxylic acids is 4. The minimum atomic E-state index is -4.28. The first-order chi connectivity index (χ1) is 17.9. The van der Waals surface area contributed by atoms with Crippen LogP contribution in [0.2, 0.25) is 0 Å². The number of fused-ring (bicyclic) bond motifs is 1. The Labute approximate surface area is 215 Å². The number of hydrogen-bond donors (Lipinski definition) is 2. The maximum Gasteiger partial charge on any atom is 0.407 e. The summed E-state index contributed by atoms with van der Waals surface area (Å²) in [5.41, 5.74) is 0.962. The highest BCUT2D eigenvalue weighted by Crippen LogP contribution is 2.39. The van der Waals surface area contributed by atoms with E-state index in [0.29, 0.717) is 36.9 Å². The molecule has 3 aliphatic heterocycles.